The Morgan fingerprint density at radius 2 is 2.00 bits per heavy atom. The van der Waals surface area contributed by atoms with Crippen LogP contribution >= 0.6 is 0 Å². The SMILES string of the molecule is CCOc1cccc(C(NN)C(C)C(C)C)c1. The normalized spacial score (nSPS) is 14.7. The van der Waals surface area contributed by atoms with Crippen LogP contribution in [0.2, 0.25) is 0 Å². The molecule has 0 aromatic heterocycles. The van der Waals surface area contributed by atoms with Gasteiger partial charge in [0, 0.05) is 6.04 Å². The van der Waals surface area contributed by atoms with Crippen molar-refractivity contribution in [3.05, 3.63) is 29.8 Å². The number of ether oxygens (including phenoxy) is 1. The molecule has 2 unspecified atom stereocenters. The maximum absolute atomic E-state index is 5.68. The maximum atomic E-state index is 5.68. The van der Waals surface area contributed by atoms with Gasteiger partial charge >= 0.3 is 0 Å². The van der Waals surface area contributed by atoms with Gasteiger partial charge in [0.1, 0.15) is 5.75 Å². The van der Waals surface area contributed by atoms with E-state index < -0.39 is 0 Å². The van der Waals surface area contributed by atoms with E-state index in [1.807, 2.05) is 19.1 Å². The molecule has 0 spiro atoms. The van der Waals surface area contributed by atoms with E-state index in [1.165, 1.54) is 5.56 Å². The fraction of sp³-hybridized carbons (Fsp3) is 0.571. The first-order chi connectivity index (χ1) is 8.10. The Hall–Kier alpha value is -1.06. The Morgan fingerprint density at radius 3 is 2.53 bits per heavy atom. The molecule has 3 nitrogen and oxygen atoms in total. The van der Waals surface area contributed by atoms with Crippen LogP contribution in [0.15, 0.2) is 24.3 Å². The summed E-state index contributed by atoms with van der Waals surface area (Å²) in [6, 6.07) is 8.30. The second kappa shape index (κ2) is 6.62. The van der Waals surface area contributed by atoms with Gasteiger partial charge in [-0.1, -0.05) is 32.9 Å². The highest BCUT2D eigenvalue weighted by atomic mass is 16.5. The molecule has 0 saturated carbocycles. The highest BCUT2D eigenvalue weighted by molar-refractivity contribution is 5.30. The number of benzene rings is 1. The summed E-state index contributed by atoms with van der Waals surface area (Å²) in [4.78, 5) is 0. The molecule has 2 atom stereocenters. The van der Waals surface area contributed by atoms with Crippen LogP contribution in [0.5, 0.6) is 5.75 Å². The summed E-state index contributed by atoms with van der Waals surface area (Å²) in [5.41, 5.74) is 4.09. The van der Waals surface area contributed by atoms with Crippen molar-refractivity contribution in [2.75, 3.05) is 6.61 Å². The third-order valence-corrected chi connectivity index (χ3v) is 3.29. The molecule has 0 heterocycles. The Morgan fingerprint density at radius 1 is 1.29 bits per heavy atom. The van der Waals surface area contributed by atoms with Crippen molar-refractivity contribution in [1.82, 2.24) is 5.43 Å². The monoisotopic (exact) mass is 236 g/mol. The Labute approximate surface area is 104 Å². The van der Waals surface area contributed by atoms with Crippen LogP contribution in [0.3, 0.4) is 0 Å². The third kappa shape index (κ3) is 3.72. The van der Waals surface area contributed by atoms with Gasteiger partial charge in [0.2, 0.25) is 0 Å². The molecule has 1 rings (SSSR count). The van der Waals surface area contributed by atoms with Crippen molar-refractivity contribution in [3.8, 4) is 5.75 Å². The first kappa shape index (κ1) is 14.0. The Kier molecular flexibility index (Phi) is 5.45. The van der Waals surface area contributed by atoms with Gasteiger partial charge in [-0.3, -0.25) is 11.3 Å². The van der Waals surface area contributed by atoms with E-state index in [1.54, 1.807) is 0 Å². The molecule has 1 aromatic carbocycles. The number of nitrogens with one attached hydrogen (secondary N) is 1. The van der Waals surface area contributed by atoms with E-state index in [9.17, 15) is 0 Å². The van der Waals surface area contributed by atoms with E-state index >= 15 is 0 Å². The topological polar surface area (TPSA) is 47.3 Å². The van der Waals surface area contributed by atoms with Crippen LogP contribution in [0.4, 0.5) is 0 Å². The van der Waals surface area contributed by atoms with Crippen molar-refractivity contribution in [2.45, 2.75) is 33.7 Å². The highest BCUT2D eigenvalue weighted by Crippen LogP contribution is 2.28. The van der Waals surface area contributed by atoms with Crippen LogP contribution in [0.1, 0.15) is 39.3 Å². The van der Waals surface area contributed by atoms with Gasteiger partial charge in [-0.25, -0.2) is 0 Å². The number of hydrogen-bond donors (Lipinski definition) is 2. The largest absolute Gasteiger partial charge is 0.494 e. The predicted octanol–water partition coefficient (Wildman–Crippen LogP) is 2.88. The Balaban J connectivity index is 2.91. The lowest BCUT2D eigenvalue weighted by Crippen LogP contribution is -2.34. The maximum Gasteiger partial charge on any atom is 0.119 e. The fourth-order valence-corrected chi connectivity index (χ4v) is 1.90. The van der Waals surface area contributed by atoms with Crippen LogP contribution in [0, 0.1) is 11.8 Å². The van der Waals surface area contributed by atoms with E-state index in [2.05, 4.69) is 38.3 Å². The average molecular weight is 236 g/mol. The summed E-state index contributed by atoms with van der Waals surface area (Å²) >= 11 is 0. The van der Waals surface area contributed by atoms with Crippen LogP contribution in [0.25, 0.3) is 0 Å². The second-order valence-electron chi connectivity index (χ2n) is 4.75. The van der Waals surface area contributed by atoms with Gasteiger partial charge in [-0.2, -0.15) is 0 Å². The van der Waals surface area contributed by atoms with E-state index in [4.69, 9.17) is 10.6 Å². The summed E-state index contributed by atoms with van der Waals surface area (Å²) < 4.78 is 5.51. The zero-order chi connectivity index (χ0) is 12.8. The number of rotatable bonds is 6. The lowest BCUT2D eigenvalue weighted by atomic mass is 9.86. The Bertz CT molecular complexity index is 339. The van der Waals surface area contributed by atoms with Crippen molar-refractivity contribution >= 4 is 0 Å². The molecule has 0 amide bonds. The molecule has 0 aliphatic heterocycles. The summed E-state index contributed by atoms with van der Waals surface area (Å²) in [5, 5.41) is 0. The molecule has 0 aliphatic rings. The van der Waals surface area contributed by atoms with Crippen LogP contribution < -0.4 is 16.0 Å². The molecule has 0 bridgehead atoms. The molecule has 3 N–H and O–H groups in total. The number of hydrazine groups is 1. The van der Waals surface area contributed by atoms with E-state index in [0.717, 1.165) is 5.75 Å². The van der Waals surface area contributed by atoms with Crippen LogP contribution in [-0.4, -0.2) is 6.61 Å². The zero-order valence-corrected chi connectivity index (χ0v) is 11.2. The molecule has 3 heteroatoms. The van der Waals surface area contributed by atoms with Gasteiger partial charge in [0.25, 0.3) is 0 Å². The van der Waals surface area contributed by atoms with Crippen LogP contribution in [-0.2, 0) is 0 Å². The standard InChI is InChI=1S/C14H24N2O/c1-5-17-13-8-6-7-12(9-13)14(16-15)11(4)10(2)3/h6-11,14,16H,5,15H2,1-4H3. The summed E-state index contributed by atoms with van der Waals surface area (Å²) in [7, 11) is 0. The van der Waals surface area contributed by atoms with Crippen molar-refractivity contribution in [1.29, 1.82) is 0 Å². The molecule has 1 aromatic rings. The zero-order valence-electron chi connectivity index (χ0n) is 11.2. The first-order valence-corrected chi connectivity index (χ1v) is 6.29. The smallest absolute Gasteiger partial charge is 0.119 e. The number of hydrogen-bond acceptors (Lipinski definition) is 3. The lowest BCUT2D eigenvalue weighted by Gasteiger charge is -2.27. The minimum Gasteiger partial charge on any atom is -0.494 e. The highest BCUT2D eigenvalue weighted by Gasteiger charge is 2.20. The minimum absolute atomic E-state index is 0.162. The van der Waals surface area contributed by atoms with Gasteiger partial charge in [-0.15, -0.1) is 0 Å². The fourth-order valence-electron chi connectivity index (χ4n) is 1.90. The summed E-state index contributed by atoms with van der Waals surface area (Å²) in [6.07, 6.45) is 0. The van der Waals surface area contributed by atoms with Crippen molar-refractivity contribution in [3.63, 3.8) is 0 Å². The average Bonchev–Trinajstić information content (AvgIpc) is 2.30. The lowest BCUT2D eigenvalue weighted by molar-refractivity contribution is 0.303. The molecule has 0 fully saturated rings. The molecular formula is C14H24N2O. The summed E-state index contributed by atoms with van der Waals surface area (Å²) in [6.45, 7) is 9.30. The van der Waals surface area contributed by atoms with Gasteiger partial charge in [0.05, 0.1) is 6.61 Å². The van der Waals surface area contributed by atoms with E-state index in [-0.39, 0.29) is 6.04 Å². The van der Waals surface area contributed by atoms with Gasteiger partial charge < -0.3 is 4.74 Å². The molecule has 17 heavy (non-hydrogen) atoms. The van der Waals surface area contributed by atoms with Crippen molar-refractivity contribution < 1.29 is 4.74 Å². The van der Waals surface area contributed by atoms with Gasteiger partial charge in [0.15, 0.2) is 0 Å². The number of nitrogens with two attached hydrogens (primary N) is 1. The molecular weight excluding hydrogens is 212 g/mol. The molecule has 0 aliphatic carbocycles. The molecule has 0 saturated heterocycles. The molecule has 96 valence electrons. The second-order valence-corrected chi connectivity index (χ2v) is 4.75. The molecule has 0 radical (unpaired) electrons. The predicted molar refractivity (Wildman–Crippen MR) is 71.7 cm³/mol. The third-order valence-electron chi connectivity index (χ3n) is 3.29. The summed E-state index contributed by atoms with van der Waals surface area (Å²) in [5.74, 6) is 7.63. The van der Waals surface area contributed by atoms with E-state index in [0.29, 0.717) is 18.4 Å². The van der Waals surface area contributed by atoms with Crippen molar-refractivity contribution in [2.24, 2.45) is 17.7 Å². The van der Waals surface area contributed by atoms with Gasteiger partial charge in [-0.05, 0) is 36.5 Å². The quantitative estimate of drug-likeness (QED) is 0.590. The minimum atomic E-state index is 0.162. The first-order valence-electron chi connectivity index (χ1n) is 6.29.